The van der Waals surface area contributed by atoms with E-state index in [1.54, 1.807) is 6.08 Å². The molecule has 6 unspecified atom stereocenters. The second-order valence-electron chi connectivity index (χ2n) is 18.0. The van der Waals surface area contributed by atoms with Crippen molar-refractivity contribution in [2.45, 2.75) is 82.0 Å². The minimum atomic E-state index is -0.729. The first kappa shape index (κ1) is 45.2. The van der Waals surface area contributed by atoms with E-state index in [9.17, 15) is 19.2 Å². The van der Waals surface area contributed by atoms with Gasteiger partial charge in [0.15, 0.2) is 23.1 Å². The zero-order valence-electron chi connectivity index (χ0n) is 36.7. The number of nitrogens with two attached hydrogens (primary N) is 3. The lowest BCUT2D eigenvalue weighted by molar-refractivity contribution is 0.395. The quantitative estimate of drug-likeness (QED) is 0.0778. The van der Waals surface area contributed by atoms with Crippen LogP contribution in [0.15, 0.2) is 44.0 Å². The molecule has 20 heteroatoms. The van der Waals surface area contributed by atoms with Gasteiger partial charge >= 0.3 is 11.4 Å². The van der Waals surface area contributed by atoms with Crippen LogP contribution in [-0.4, -0.2) is 84.1 Å². The van der Waals surface area contributed by atoms with E-state index in [1.807, 2.05) is 15.9 Å². The number of anilines is 2. The van der Waals surface area contributed by atoms with Crippen LogP contribution < -0.4 is 64.5 Å². The van der Waals surface area contributed by atoms with Gasteiger partial charge in [0.1, 0.15) is 22.4 Å². The molecular weight excluding hydrogens is 843 g/mol. The number of hydrogen-bond donors (Lipinski definition) is 4. The third kappa shape index (κ3) is 8.07. The molecule has 65 heavy (non-hydrogen) atoms. The Morgan fingerprint density at radius 1 is 0.800 bits per heavy atom. The normalized spacial score (nSPS) is 24.1. The van der Waals surface area contributed by atoms with E-state index in [1.165, 1.54) is 35.5 Å². The van der Waals surface area contributed by atoms with Gasteiger partial charge in [-0.3, -0.25) is 18.7 Å². The Balaban J connectivity index is 0.000000162. The van der Waals surface area contributed by atoms with Gasteiger partial charge in [-0.15, -0.1) is 6.58 Å². The van der Waals surface area contributed by atoms with Gasteiger partial charge in [-0.05, 0) is 87.2 Å². The summed E-state index contributed by atoms with van der Waals surface area (Å²) in [5, 5.41) is 11.3. The van der Waals surface area contributed by atoms with Crippen molar-refractivity contribution in [2.75, 3.05) is 75.0 Å². The van der Waals surface area contributed by atoms with E-state index in [2.05, 4.69) is 16.7 Å². The average molecular weight is 899 g/mol. The number of nitrogens with one attached hydrogen (secondary N) is 1. The van der Waals surface area contributed by atoms with Crippen molar-refractivity contribution in [2.24, 2.45) is 29.4 Å². The lowest BCUT2D eigenvalue weighted by Crippen LogP contribution is -2.44. The number of allylic oxidation sites excluding steroid dienone is 1. The van der Waals surface area contributed by atoms with Gasteiger partial charge in [0.05, 0.1) is 44.0 Å². The van der Waals surface area contributed by atoms with Crippen LogP contribution in [-0.2, 0) is 0 Å². The molecule has 346 valence electrons. The molecule has 6 aliphatic rings. The maximum Gasteiger partial charge on any atom is 0.350 e. The van der Waals surface area contributed by atoms with Gasteiger partial charge in [0, 0.05) is 50.3 Å². The first-order chi connectivity index (χ1) is 31.3. The summed E-state index contributed by atoms with van der Waals surface area (Å²) in [5.74, 6) is 12.3. The number of nitrogens with zero attached hydrogens (tertiary/aromatic N) is 8. The van der Waals surface area contributed by atoms with Gasteiger partial charge in [0.25, 0.3) is 11.1 Å². The highest BCUT2D eigenvalue weighted by Crippen LogP contribution is 2.48. The number of methoxy groups -OCH3 is 2. The highest BCUT2D eigenvalue weighted by Gasteiger charge is 2.45. The zero-order valence-corrected chi connectivity index (χ0v) is 36.7. The van der Waals surface area contributed by atoms with Crippen LogP contribution >= 0.6 is 0 Å². The molecule has 4 aromatic rings. The number of halogens is 2. The molecule has 6 atom stereocenters. The lowest BCUT2D eigenvalue weighted by Gasteiger charge is -2.26. The van der Waals surface area contributed by atoms with Crippen molar-refractivity contribution in [3.8, 4) is 17.6 Å². The van der Waals surface area contributed by atoms with Gasteiger partial charge < -0.3 is 46.9 Å². The van der Waals surface area contributed by atoms with Crippen LogP contribution in [0.4, 0.5) is 20.2 Å². The van der Waals surface area contributed by atoms with Gasteiger partial charge in [-0.2, -0.15) is 14.6 Å². The van der Waals surface area contributed by atoms with Gasteiger partial charge in [-0.1, -0.05) is 6.08 Å². The summed E-state index contributed by atoms with van der Waals surface area (Å²) < 4.78 is 46.0. The molecule has 4 aliphatic carbocycles. The first-order valence-corrected chi connectivity index (χ1v) is 22.2. The smallest absolute Gasteiger partial charge is 0.350 e. The highest BCUT2D eigenvalue weighted by molar-refractivity contribution is 5.92. The van der Waals surface area contributed by atoms with Crippen LogP contribution in [0.25, 0.3) is 26.7 Å². The molecule has 6 fully saturated rings. The molecule has 2 aromatic heterocycles. The minimum absolute atomic E-state index is 0.0511. The molecule has 0 spiro atoms. The minimum Gasteiger partial charge on any atom is -0.492 e. The number of fused-ring (bicyclic) bond motifs is 4. The summed E-state index contributed by atoms with van der Waals surface area (Å²) in [6.45, 7) is 14.1. The number of hydrogen-bond acceptors (Lipinski definition) is 13. The average Bonchev–Trinajstić information content (AvgIpc) is 4.16. The van der Waals surface area contributed by atoms with Crippen LogP contribution in [0.5, 0.6) is 11.5 Å². The molecule has 10 rings (SSSR count). The van der Waals surface area contributed by atoms with Crippen LogP contribution in [0.3, 0.4) is 0 Å². The second-order valence-corrected chi connectivity index (χ2v) is 18.0. The van der Waals surface area contributed by atoms with Crippen molar-refractivity contribution in [3.05, 3.63) is 89.5 Å². The number of aromatic nitrogens is 4. The molecule has 2 aromatic carbocycles. The van der Waals surface area contributed by atoms with E-state index in [0.29, 0.717) is 107 Å². The predicted molar refractivity (Wildman–Crippen MR) is 243 cm³/mol. The first-order valence-electron chi connectivity index (χ1n) is 22.2. The zero-order chi connectivity index (χ0) is 46.4. The van der Waals surface area contributed by atoms with E-state index < -0.39 is 34.1 Å². The Morgan fingerprint density at radius 3 is 1.69 bits per heavy atom. The van der Waals surface area contributed by atoms with Gasteiger partial charge in [-0.25, -0.2) is 24.9 Å². The molecule has 4 saturated carbocycles. The molecule has 0 radical (unpaired) electrons. The Kier molecular flexibility index (Phi) is 12.7. The molecule has 7 N–H and O–H groups in total. The molecule has 18 nitrogen and oxygen atoms in total. The molecule has 0 amide bonds. The highest BCUT2D eigenvalue weighted by atomic mass is 19.1. The Labute approximate surface area is 373 Å². The summed E-state index contributed by atoms with van der Waals surface area (Å²) in [4.78, 5) is 58.1. The standard InChI is InChI=1S/C22H27FN6O3.C19H24FN5O3.C4H5N/c1-25-7-8-26-17-6-3-12-10-27(11-15(12)17)19-16(23)9-14-18(20(19)32-2)28(13-4-5-13)22(31)29(24)21(14)30;1-28-17-15-11(18(26)25(22)19(27)24(15)10-3-4-10)6-13(20)16(17)23-7-9-2-5-14(21)12(9)8-23;1-2-3-4-5/h9,12-13,15,17,26H,3-8,10-11,24H2,2H3;6,9-10,12,14H,2-5,7-8,21-22H2,1H3;2H,1,3H2. The number of benzene rings is 2. The van der Waals surface area contributed by atoms with E-state index in [0.717, 1.165) is 51.4 Å². The number of ether oxygens (including phenoxy) is 2. The molecular formula is C45H56F2N12O6. The third-order valence-corrected chi connectivity index (χ3v) is 14.1. The fraction of sp³-hybridized carbons (Fsp3) is 0.556. The van der Waals surface area contributed by atoms with Crippen LogP contribution in [0.2, 0.25) is 0 Å². The summed E-state index contributed by atoms with van der Waals surface area (Å²) in [6, 6.07) is 4.58. The number of nitriles is 1. The van der Waals surface area contributed by atoms with Crippen molar-refractivity contribution < 1.29 is 18.3 Å². The van der Waals surface area contributed by atoms with E-state index in [4.69, 9.17) is 38.7 Å². The molecule has 0 bridgehead atoms. The molecule has 2 aliphatic heterocycles. The van der Waals surface area contributed by atoms with Gasteiger partial charge in [0.2, 0.25) is 6.54 Å². The summed E-state index contributed by atoms with van der Waals surface area (Å²) in [5.41, 5.74) is 4.84. The van der Waals surface area contributed by atoms with E-state index in [-0.39, 0.29) is 40.4 Å². The van der Waals surface area contributed by atoms with Crippen molar-refractivity contribution >= 4 is 33.2 Å². The molecule has 2 saturated heterocycles. The van der Waals surface area contributed by atoms with Crippen molar-refractivity contribution in [1.82, 2.24) is 23.8 Å². The number of nitrogen functional groups attached to an aromatic ring is 2. The van der Waals surface area contributed by atoms with E-state index >= 15 is 8.78 Å². The maximum absolute atomic E-state index is 15.5. The largest absolute Gasteiger partial charge is 0.492 e. The predicted octanol–water partition coefficient (Wildman–Crippen LogP) is 2.70. The SMILES string of the molecule is C=CCC#N.COc1c(N2CC3CCC(N)C3C2)c(F)cc2c(=O)n(N)c(=O)n(C3CC3)c12.[C-]#[N+]CCNC1CCC2CN(c3c(F)cc4c(=O)n(N)c(=O)n(C5CC5)c4c3OC)CC21. The molecule has 4 heterocycles. The summed E-state index contributed by atoms with van der Waals surface area (Å²) >= 11 is 0. The van der Waals surface area contributed by atoms with Crippen LogP contribution in [0.1, 0.15) is 69.9 Å². The lowest BCUT2D eigenvalue weighted by atomic mass is 9.98. The summed E-state index contributed by atoms with van der Waals surface area (Å²) in [6.07, 6.45) is 9.37. The Hall–Kier alpha value is -6.38. The summed E-state index contributed by atoms with van der Waals surface area (Å²) in [7, 11) is 2.88. The van der Waals surface area contributed by atoms with Crippen molar-refractivity contribution in [3.63, 3.8) is 0 Å². The second kappa shape index (κ2) is 18.2. The van der Waals surface area contributed by atoms with Crippen molar-refractivity contribution in [1.29, 1.82) is 5.26 Å². The fourth-order valence-electron chi connectivity index (χ4n) is 10.8. The number of rotatable bonds is 10. The topological polar surface area (TPSA) is 231 Å². The third-order valence-electron chi connectivity index (χ3n) is 14.1. The fourth-order valence-corrected chi connectivity index (χ4v) is 10.8. The van der Waals surface area contributed by atoms with Crippen LogP contribution in [0, 0.1) is 53.2 Å². The Bertz CT molecular complexity index is 2850. The maximum atomic E-state index is 15.5. The Morgan fingerprint density at radius 2 is 1.28 bits per heavy atom. The monoisotopic (exact) mass is 898 g/mol.